The number of rotatable bonds is 8. The maximum absolute atomic E-state index is 12.5. The second kappa shape index (κ2) is 9.87. The van der Waals surface area contributed by atoms with Crippen LogP contribution >= 0.6 is 11.3 Å². The van der Waals surface area contributed by atoms with E-state index in [1.54, 1.807) is 24.3 Å². The number of nitrogens with one attached hydrogen (secondary N) is 3. The zero-order valence-electron chi connectivity index (χ0n) is 16.3. The van der Waals surface area contributed by atoms with E-state index in [2.05, 4.69) is 38.7 Å². The highest BCUT2D eigenvalue weighted by Gasteiger charge is 2.16. The molecule has 1 heterocycles. The van der Waals surface area contributed by atoms with Crippen LogP contribution in [0.25, 0.3) is 0 Å². The summed E-state index contributed by atoms with van der Waals surface area (Å²) >= 11 is 1.69. The third kappa shape index (κ3) is 6.34. The minimum absolute atomic E-state index is 0.276. The molecular formula is C19H28N4O2S2. The van der Waals surface area contributed by atoms with Crippen LogP contribution in [0.15, 0.2) is 39.5 Å². The van der Waals surface area contributed by atoms with Crippen LogP contribution in [0.3, 0.4) is 0 Å². The Morgan fingerprint density at radius 2 is 1.85 bits per heavy atom. The lowest BCUT2D eigenvalue weighted by molar-refractivity contribution is 0.580. The van der Waals surface area contributed by atoms with Crippen molar-refractivity contribution < 1.29 is 8.42 Å². The van der Waals surface area contributed by atoms with Gasteiger partial charge in [0.25, 0.3) is 0 Å². The number of benzene rings is 1. The van der Waals surface area contributed by atoms with Crippen molar-refractivity contribution in [3.63, 3.8) is 0 Å². The SMILES string of the molecule is CCNC(=NCc1sccc1C)NCCNS(=O)(=O)c1cc(C)ccc1C. The summed E-state index contributed by atoms with van der Waals surface area (Å²) in [4.78, 5) is 6.12. The smallest absolute Gasteiger partial charge is 0.240 e. The van der Waals surface area contributed by atoms with Gasteiger partial charge in [0.05, 0.1) is 11.4 Å². The van der Waals surface area contributed by atoms with Crippen LogP contribution in [-0.2, 0) is 16.6 Å². The molecule has 0 radical (unpaired) electrons. The molecule has 148 valence electrons. The third-order valence-electron chi connectivity index (χ3n) is 4.04. The van der Waals surface area contributed by atoms with E-state index in [1.165, 1.54) is 10.4 Å². The number of sulfonamides is 1. The van der Waals surface area contributed by atoms with E-state index < -0.39 is 10.0 Å². The van der Waals surface area contributed by atoms with Crippen LogP contribution in [0.1, 0.15) is 28.5 Å². The Kier molecular flexibility index (Phi) is 7.82. The minimum Gasteiger partial charge on any atom is -0.357 e. The van der Waals surface area contributed by atoms with Crippen molar-refractivity contribution in [2.75, 3.05) is 19.6 Å². The molecule has 0 atom stereocenters. The monoisotopic (exact) mass is 408 g/mol. The lowest BCUT2D eigenvalue weighted by Crippen LogP contribution is -2.41. The molecule has 0 bridgehead atoms. The van der Waals surface area contributed by atoms with E-state index in [0.29, 0.717) is 23.9 Å². The van der Waals surface area contributed by atoms with Crippen molar-refractivity contribution in [3.05, 3.63) is 51.2 Å². The lowest BCUT2D eigenvalue weighted by Gasteiger charge is -2.13. The van der Waals surface area contributed by atoms with E-state index in [0.717, 1.165) is 17.7 Å². The molecule has 0 amide bonds. The zero-order chi connectivity index (χ0) is 19.9. The van der Waals surface area contributed by atoms with Crippen LogP contribution in [0.4, 0.5) is 0 Å². The fraction of sp³-hybridized carbons (Fsp3) is 0.421. The lowest BCUT2D eigenvalue weighted by atomic mass is 10.2. The van der Waals surface area contributed by atoms with Crippen LogP contribution in [0.5, 0.6) is 0 Å². The molecule has 2 rings (SSSR count). The minimum atomic E-state index is -3.53. The summed E-state index contributed by atoms with van der Waals surface area (Å²) in [6.07, 6.45) is 0. The first-order valence-electron chi connectivity index (χ1n) is 8.95. The Bertz CT molecular complexity index is 889. The van der Waals surface area contributed by atoms with E-state index in [1.807, 2.05) is 26.0 Å². The predicted octanol–water partition coefficient (Wildman–Crippen LogP) is 2.71. The summed E-state index contributed by atoms with van der Waals surface area (Å²) in [6, 6.07) is 7.51. The number of thiophene rings is 1. The van der Waals surface area contributed by atoms with Gasteiger partial charge in [-0.3, -0.25) is 0 Å². The van der Waals surface area contributed by atoms with Crippen molar-refractivity contribution in [1.82, 2.24) is 15.4 Å². The van der Waals surface area contributed by atoms with Crippen molar-refractivity contribution in [3.8, 4) is 0 Å². The van der Waals surface area contributed by atoms with Gasteiger partial charge in [-0.2, -0.15) is 0 Å². The molecule has 8 heteroatoms. The highest BCUT2D eigenvalue weighted by Crippen LogP contribution is 2.17. The largest absolute Gasteiger partial charge is 0.357 e. The van der Waals surface area contributed by atoms with Crippen LogP contribution in [0, 0.1) is 20.8 Å². The first-order chi connectivity index (χ1) is 12.8. The Morgan fingerprint density at radius 3 is 2.52 bits per heavy atom. The van der Waals surface area contributed by atoms with Gasteiger partial charge in [0.2, 0.25) is 10.0 Å². The summed E-state index contributed by atoms with van der Waals surface area (Å²) in [5.74, 6) is 0.677. The molecule has 27 heavy (non-hydrogen) atoms. The highest BCUT2D eigenvalue weighted by atomic mass is 32.2. The first-order valence-corrected chi connectivity index (χ1v) is 11.3. The van der Waals surface area contributed by atoms with Crippen molar-refractivity contribution in [2.24, 2.45) is 4.99 Å². The van der Waals surface area contributed by atoms with Gasteiger partial charge in [0, 0.05) is 24.5 Å². The van der Waals surface area contributed by atoms with Gasteiger partial charge in [-0.25, -0.2) is 18.1 Å². The Hall–Kier alpha value is -1.90. The quantitative estimate of drug-likeness (QED) is 0.356. The number of nitrogens with zero attached hydrogens (tertiary/aromatic N) is 1. The van der Waals surface area contributed by atoms with Crippen molar-refractivity contribution in [1.29, 1.82) is 0 Å². The van der Waals surface area contributed by atoms with Gasteiger partial charge in [-0.05, 0) is 61.9 Å². The molecule has 0 fully saturated rings. The maximum Gasteiger partial charge on any atom is 0.240 e. The second-order valence-electron chi connectivity index (χ2n) is 6.32. The van der Waals surface area contributed by atoms with E-state index >= 15 is 0 Å². The summed E-state index contributed by atoms with van der Waals surface area (Å²) in [7, 11) is -3.53. The fourth-order valence-corrected chi connectivity index (χ4v) is 4.69. The number of hydrogen-bond donors (Lipinski definition) is 3. The summed E-state index contributed by atoms with van der Waals surface area (Å²) in [5, 5.41) is 8.40. The van der Waals surface area contributed by atoms with Crippen molar-refractivity contribution in [2.45, 2.75) is 39.1 Å². The molecule has 1 aromatic heterocycles. The van der Waals surface area contributed by atoms with Gasteiger partial charge in [-0.1, -0.05) is 12.1 Å². The van der Waals surface area contributed by atoms with E-state index in [4.69, 9.17) is 0 Å². The molecule has 0 saturated carbocycles. The van der Waals surface area contributed by atoms with Crippen molar-refractivity contribution >= 4 is 27.3 Å². The van der Waals surface area contributed by atoms with Crippen LogP contribution < -0.4 is 15.4 Å². The van der Waals surface area contributed by atoms with Crippen LogP contribution in [-0.4, -0.2) is 34.0 Å². The van der Waals surface area contributed by atoms with E-state index in [-0.39, 0.29) is 6.54 Å². The summed E-state index contributed by atoms with van der Waals surface area (Å²) in [5.41, 5.74) is 2.90. The summed E-state index contributed by atoms with van der Waals surface area (Å²) in [6.45, 7) is 9.82. The third-order valence-corrected chi connectivity index (χ3v) is 6.65. The molecular weight excluding hydrogens is 380 g/mol. The average molecular weight is 409 g/mol. The van der Waals surface area contributed by atoms with Gasteiger partial charge in [-0.15, -0.1) is 11.3 Å². The average Bonchev–Trinajstić information content (AvgIpc) is 3.03. The molecule has 0 aliphatic rings. The van der Waals surface area contributed by atoms with Gasteiger partial charge >= 0.3 is 0 Å². The van der Waals surface area contributed by atoms with Crippen LogP contribution in [0.2, 0.25) is 0 Å². The molecule has 6 nitrogen and oxygen atoms in total. The zero-order valence-corrected chi connectivity index (χ0v) is 17.9. The molecule has 1 aromatic carbocycles. The van der Waals surface area contributed by atoms with Gasteiger partial charge in [0.1, 0.15) is 0 Å². The molecule has 2 aromatic rings. The molecule has 0 saturated heterocycles. The molecule has 0 aliphatic carbocycles. The topological polar surface area (TPSA) is 82.6 Å². The fourth-order valence-electron chi connectivity index (χ4n) is 2.50. The van der Waals surface area contributed by atoms with E-state index in [9.17, 15) is 8.42 Å². The second-order valence-corrected chi connectivity index (χ2v) is 9.05. The predicted molar refractivity (Wildman–Crippen MR) is 113 cm³/mol. The highest BCUT2D eigenvalue weighted by molar-refractivity contribution is 7.89. The summed E-state index contributed by atoms with van der Waals surface area (Å²) < 4.78 is 27.7. The van der Waals surface area contributed by atoms with Gasteiger partial charge < -0.3 is 10.6 Å². The Labute approximate surface area is 166 Å². The molecule has 0 aliphatic heterocycles. The molecule has 0 unspecified atom stereocenters. The molecule has 0 spiro atoms. The normalized spacial score (nSPS) is 12.2. The van der Waals surface area contributed by atoms with Gasteiger partial charge in [0.15, 0.2) is 5.96 Å². The Morgan fingerprint density at radius 1 is 1.07 bits per heavy atom. The number of aryl methyl sites for hydroxylation is 3. The number of guanidine groups is 1. The Balaban J connectivity index is 1.91. The first kappa shape index (κ1) is 21.4. The number of hydrogen-bond acceptors (Lipinski definition) is 4. The maximum atomic E-state index is 12.5. The number of aliphatic imine (C=N–C) groups is 1. The molecule has 3 N–H and O–H groups in total. The standard InChI is InChI=1S/C19H28N4O2S2/c1-5-20-19(22-13-17-15(3)8-11-26-17)21-9-10-23-27(24,25)18-12-14(2)6-7-16(18)4/h6-8,11-12,23H,5,9-10,13H2,1-4H3,(H2,20,21,22).